The van der Waals surface area contributed by atoms with E-state index in [0.717, 1.165) is 36.8 Å². The minimum absolute atomic E-state index is 0.0371. The van der Waals surface area contributed by atoms with Crippen LogP contribution in [0.3, 0.4) is 0 Å². The highest BCUT2D eigenvalue weighted by molar-refractivity contribution is 7.09. The standard InChI is InChI=1S/C17H22N4OS/c1-18-17(22)14-5-3-4-13(10-14)15-11-21(8-7-20(15)2)12-16-19-6-9-23-16/h3-6,9-10,15H,7-8,11-12H2,1-2H3,(H,18,22)/t15-/m0/s1. The number of carbonyl (C=O) groups excluding carboxylic acids is 1. The first-order valence-corrected chi connectivity index (χ1v) is 8.68. The number of amides is 1. The van der Waals surface area contributed by atoms with Crippen molar-refractivity contribution in [2.45, 2.75) is 12.6 Å². The summed E-state index contributed by atoms with van der Waals surface area (Å²) in [5.41, 5.74) is 1.91. The second kappa shape index (κ2) is 7.21. The number of rotatable bonds is 4. The van der Waals surface area contributed by atoms with Crippen LogP contribution in [0.25, 0.3) is 0 Å². The molecule has 1 fully saturated rings. The van der Waals surface area contributed by atoms with Gasteiger partial charge in [-0.3, -0.25) is 14.6 Å². The van der Waals surface area contributed by atoms with E-state index in [9.17, 15) is 4.79 Å². The number of nitrogens with zero attached hydrogens (tertiary/aromatic N) is 3. The van der Waals surface area contributed by atoms with Gasteiger partial charge in [-0.2, -0.15) is 0 Å². The molecule has 2 aromatic rings. The van der Waals surface area contributed by atoms with Gasteiger partial charge < -0.3 is 5.32 Å². The van der Waals surface area contributed by atoms with Gasteiger partial charge in [0, 0.05) is 49.9 Å². The van der Waals surface area contributed by atoms with E-state index in [0.29, 0.717) is 6.04 Å². The highest BCUT2D eigenvalue weighted by Gasteiger charge is 2.26. The van der Waals surface area contributed by atoms with Crippen molar-refractivity contribution in [1.29, 1.82) is 0 Å². The lowest BCUT2D eigenvalue weighted by Gasteiger charge is -2.39. The smallest absolute Gasteiger partial charge is 0.251 e. The van der Waals surface area contributed by atoms with Gasteiger partial charge in [-0.05, 0) is 24.7 Å². The zero-order chi connectivity index (χ0) is 16.2. The van der Waals surface area contributed by atoms with Crippen molar-refractivity contribution in [3.05, 3.63) is 52.0 Å². The van der Waals surface area contributed by atoms with Gasteiger partial charge >= 0.3 is 0 Å². The predicted octanol–water partition coefficient (Wildman–Crippen LogP) is 1.99. The molecule has 6 heteroatoms. The summed E-state index contributed by atoms with van der Waals surface area (Å²) in [4.78, 5) is 21.1. The lowest BCUT2D eigenvalue weighted by atomic mass is 10.00. The Hall–Kier alpha value is -1.76. The second-order valence-electron chi connectivity index (χ2n) is 5.86. The monoisotopic (exact) mass is 330 g/mol. The summed E-state index contributed by atoms with van der Waals surface area (Å²) < 4.78 is 0. The summed E-state index contributed by atoms with van der Waals surface area (Å²) in [7, 11) is 3.81. The zero-order valence-corrected chi connectivity index (χ0v) is 14.3. The molecule has 1 aliphatic heterocycles. The SMILES string of the molecule is CNC(=O)c1cccc([C@@H]2CN(Cc3nccs3)CCN2C)c1. The van der Waals surface area contributed by atoms with Crippen molar-refractivity contribution in [2.75, 3.05) is 33.7 Å². The third kappa shape index (κ3) is 3.77. The molecule has 122 valence electrons. The topological polar surface area (TPSA) is 48.5 Å². The van der Waals surface area contributed by atoms with Crippen LogP contribution in [0.4, 0.5) is 0 Å². The van der Waals surface area contributed by atoms with Crippen molar-refractivity contribution in [1.82, 2.24) is 20.1 Å². The molecule has 0 saturated carbocycles. The van der Waals surface area contributed by atoms with E-state index in [1.807, 2.05) is 29.8 Å². The number of benzene rings is 1. The van der Waals surface area contributed by atoms with Gasteiger partial charge in [0.05, 0.1) is 6.54 Å². The van der Waals surface area contributed by atoms with Gasteiger partial charge in [0.1, 0.15) is 5.01 Å². The first-order valence-electron chi connectivity index (χ1n) is 7.80. The first-order chi connectivity index (χ1) is 11.2. The minimum atomic E-state index is -0.0371. The Bertz CT molecular complexity index is 658. The molecule has 0 spiro atoms. The molecule has 3 rings (SSSR count). The maximum Gasteiger partial charge on any atom is 0.251 e. The molecule has 1 saturated heterocycles. The number of likely N-dealkylation sites (N-methyl/N-ethyl adjacent to an activating group) is 1. The van der Waals surface area contributed by atoms with Gasteiger partial charge in [0.15, 0.2) is 0 Å². The van der Waals surface area contributed by atoms with Gasteiger partial charge in [-0.15, -0.1) is 11.3 Å². The van der Waals surface area contributed by atoms with Crippen LogP contribution >= 0.6 is 11.3 Å². The first kappa shape index (κ1) is 16.1. The van der Waals surface area contributed by atoms with Crippen LogP contribution in [0.15, 0.2) is 35.8 Å². The number of hydrogen-bond donors (Lipinski definition) is 1. The molecule has 5 nitrogen and oxygen atoms in total. The zero-order valence-electron chi connectivity index (χ0n) is 13.5. The summed E-state index contributed by atoms with van der Waals surface area (Å²) in [6.07, 6.45) is 1.86. The molecule has 0 radical (unpaired) electrons. The average Bonchev–Trinajstić information content (AvgIpc) is 3.09. The fourth-order valence-corrected chi connectivity index (χ4v) is 3.65. The second-order valence-corrected chi connectivity index (χ2v) is 6.84. The Labute approximate surface area is 140 Å². The predicted molar refractivity (Wildman–Crippen MR) is 92.6 cm³/mol. The van der Waals surface area contributed by atoms with Crippen molar-refractivity contribution in [3.8, 4) is 0 Å². The Morgan fingerprint density at radius 1 is 1.43 bits per heavy atom. The molecule has 23 heavy (non-hydrogen) atoms. The minimum Gasteiger partial charge on any atom is -0.355 e. The van der Waals surface area contributed by atoms with E-state index in [1.165, 1.54) is 5.56 Å². The highest BCUT2D eigenvalue weighted by Crippen LogP contribution is 2.26. The molecule has 1 aromatic carbocycles. The average molecular weight is 330 g/mol. The van der Waals surface area contributed by atoms with Gasteiger partial charge in [-0.1, -0.05) is 12.1 Å². The molecule has 1 amide bonds. The Morgan fingerprint density at radius 3 is 3.04 bits per heavy atom. The van der Waals surface area contributed by atoms with E-state index in [1.54, 1.807) is 18.4 Å². The van der Waals surface area contributed by atoms with Crippen LogP contribution in [-0.2, 0) is 6.54 Å². The lowest BCUT2D eigenvalue weighted by Crippen LogP contribution is -2.46. The number of piperazine rings is 1. The largest absolute Gasteiger partial charge is 0.355 e. The van der Waals surface area contributed by atoms with Crippen molar-refractivity contribution >= 4 is 17.2 Å². The van der Waals surface area contributed by atoms with Crippen LogP contribution in [-0.4, -0.2) is 54.4 Å². The molecule has 0 bridgehead atoms. The van der Waals surface area contributed by atoms with Crippen molar-refractivity contribution in [2.24, 2.45) is 0 Å². The Balaban J connectivity index is 1.76. The van der Waals surface area contributed by atoms with Crippen LogP contribution in [0.1, 0.15) is 27.0 Å². The number of thiazole rings is 1. The number of aromatic nitrogens is 1. The van der Waals surface area contributed by atoms with E-state index < -0.39 is 0 Å². The van der Waals surface area contributed by atoms with Crippen LogP contribution in [0.2, 0.25) is 0 Å². The molecule has 0 unspecified atom stereocenters. The fraction of sp³-hybridized carbons (Fsp3) is 0.412. The molecule has 2 heterocycles. The number of nitrogens with one attached hydrogen (secondary N) is 1. The van der Waals surface area contributed by atoms with E-state index in [4.69, 9.17) is 0 Å². The Morgan fingerprint density at radius 2 is 2.30 bits per heavy atom. The fourth-order valence-electron chi connectivity index (χ4n) is 2.99. The third-order valence-electron chi connectivity index (χ3n) is 4.34. The summed E-state index contributed by atoms with van der Waals surface area (Å²) >= 11 is 1.70. The third-order valence-corrected chi connectivity index (χ3v) is 5.10. The molecule has 1 aliphatic rings. The molecular weight excluding hydrogens is 308 g/mol. The summed E-state index contributed by atoms with van der Waals surface area (Å²) in [5.74, 6) is -0.0371. The maximum atomic E-state index is 11.9. The maximum absolute atomic E-state index is 11.9. The van der Waals surface area contributed by atoms with Crippen LogP contribution in [0, 0.1) is 0 Å². The molecular formula is C17H22N4OS. The molecule has 1 N–H and O–H groups in total. The van der Waals surface area contributed by atoms with Gasteiger partial charge in [0.2, 0.25) is 0 Å². The lowest BCUT2D eigenvalue weighted by molar-refractivity contribution is 0.0900. The summed E-state index contributed by atoms with van der Waals surface area (Å²) in [5, 5.41) is 5.87. The van der Waals surface area contributed by atoms with E-state index in [-0.39, 0.29) is 5.91 Å². The van der Waals surface area contributed by atoms with Gasteiger partial charge in [-0.25, -0.2) is 4.98 Å². The van der Waals surface area contributed by atoms with Crippen LogP contribution in [0.5, 0.6) is 0 Å². The van der Waals surface area contributed by atoms with Crippen molar-refractivity contribution < 1.29 is 4.79 Å². The number of hydrogen-bond acceptors (Lipinski definition) is 5. The highest BCUT2D eigenvalue weighted by atomic mass is 32.1. The molecule has 0 aliphatic carbocycles. The molecule has 1 atom stereocenters. The van der Waals surface area contributed by atoms with Gasteiger partial charge in [0.25, 0.3) is 5.91 Å². The Kier molecular flexibility index (Phi) is 5.05. The van der Waals surface area contributed by atoms with E-state index >= 15 is 0 Å². The van der Waals surface area contributed by atoms with Crippen molar-refractivity contribution in [3.63, 3.8) is 0 Å². The van der Waals surface area contributed by atoms with E-state index in [2.05, 4.69) is 33.2 Å². The summed E-state index contributed by atoms with van der Waals surface area (Å²) in [6.45, 7) is 3.91. The molecule has 1 aromatic heterocycles. The normalized spacial score (nSPS) is 19.7. The summed E-state index contributed by atoms with van der Waals surface area (Å²) in [6, 6.07) is 8.24. The number of carbonyl (C=O) groups is 1. The quantitative estimate of drug-likeness (QED) is 0.931. The van der Waals surface area contributed by atoms with Crippen LogP contribution < -0.4 is 5.32 Å².